The fourth-order valence-electron chi connectivity index (χ4n) is 1.42. The van der Waals surface area contributed by atoms with Crippen molar-refractivity contribution in [1.29, 1.82) is 0 Å². The number of esters is 2. The van der Waals surface area contributed by atoms with Crippen LogP contribution in [-0.4, -0.2) is 37.6 Å². The average Bonchev–Trinajstić information content (AvgIpc) is 2.40. The highest BCUT2D eigenvalue weighted by molar-refractivity contribution is 5.87. The highest BCUT2D eigenvalue weighted by atomic mass is 16.5. The molecular formula is C16H25NO5. The van der Waals surface area contributed by atoms with Gasteiger partial charge in [-0.1, -0.05) is 39.0 Å². The van der Waals surface area contributed by atoms with E-state index in [1.165, 1.54) is 14.0 Å². The largest absolute Gasteiger partial charge is 0.467 e. The molecule has 6 nitrogen and oxygen atoms in total. The molecule has 0 rings (SSSR count). The molecule has 0 aliphatic carbocycles. The summed E-state index contributed by atoms with van der Waals surface area (Å²) in [5.41, 5.74) is -0.00422. The van der Waals surface area contributed by atoms with Crippen LogP contribution in [0.4, 0.5) is 0 Å². The van der Waals surface area contributed by atoms with Crippen molar-refractivity contribution < 1.29 is 23.9 Å². The van der Waals surface area contributed by atoms with Crippen LogP contribution < -0.4 is 5.32 Å². The van der Waals surface area contributed by atoms with E-state index < -0.39 is 17.4 Å². The standard InChI is InChI=1S/C16H25NO5/c1-11(8-7-9-22-12(2)18)10-13(14(19)21-6)17-15(20)16(3,4)5/h7-8,13H,1,9-10H2,2-6H3,(H,17,20)/b8-7+. The van der Waals surface area contributed by atoms with Crippen LogP contribution in [-0.2, 0) is 23.9 Å². The summed E-state index contributed by atoms with van der Waals surface area (Å²) in [6.07, 6.45) is 3.47. The summed E-state index contributed by atoms with van der Waals surface area (Å²) in [5, 5.41) is 2.65. The lowest BCUT2D eigenvalue weighted by atomic mass is 9.94. The molecule has 0 aromatic carbocycles. The molecule has 0 heterocycles. The van der Waals surface area contributed by atoms with Crippen molar-refractivity contribution >= 4 is 17.8 Å². The number of carbonyl (C=O) groups excluding carboxylic acids is 3. The Kier molecular flexibility index (Phi) is 8.15. The fraction of sp³-hybridized carbons (Fsp3) is 0.562. The Morgan fingerprint density at radius 3 is 2.32 bits per heavy atom. The number of rotatable bonds is 7. The van der Waals surface area contributed by atoms with E-state index in [9.17, 15) is 14.4 Å². The van der Waals surface area contributed by atoms with E-state index in [1.807, 2.05) is 0 Å². The van der Waals surface area contributed by atoms with Gasteiger partial charge in [-0.15, -0.1) is 0 Å². The molecule has 0 fully saturated rings. The Bertz CT molecular complexity index is 460. The van der Waals surface area contributed by atoms with Gasteiger partial charge in [0.15, 0.2) is 0 Å². The Hall–Kier alpha value is -2.11. The maximum Gasteiger partial charge on any atom is 0.328 e. The molecule has 0 aromatic heterocycles. The van der Waals surface area contributed by atoms with Gasteiger partial charge in [-0.2, -0.15) is 0 Å². The van der Waals surface area contributed by atoms with Crippen LogP contribution in [0.2, 0.25) is 0 Å². The quantitative estimate of drug-likeness (QED) is 0.572. The Morgan fingerprint density at radius 2 is 1.86 bits per heavy atom. The fourth-order valence-corrected chi connectivity index (χ4v) is 1.42. The zero-order valence-corrected chi connectivity index (χ0v) is 13.9. The van der Waals surface area contributed by atoms with E-state index in [2.05, 4.69) is 11.9 Å². The number of hydrogen-bond acceptors (Lipinski definition) is 5. The molecule has 0 aliphatic rings. The van der Waals surface area contributed by atoms with E-state index in [0.717, 1.165) is 0 Å². The molecular weight excluding hydrogens is 286 g/mol. The zero-order valence-electron chi connectivity index (χ0n) is 13.9. The van der Waals surface area contributed by atoms with E-state index in [0.29, 0.717) is 5.57 Å². The summed E-state index contributed by atoms with van der Waals surface area (Å²) in [5.74, 6) is -1.16. The summed E-state index contributed by atoms with van der Waals surface area (Å²) in [7, 11) is 1.26. The molecule has 0 saturated heterocycles. The molecule has 1 atom stereocenters. The zero-order chi connectivity index (χ0) is 17.3. The van der Waals surface area contributed by atoms with Crippen molar-refractivity contribution in [2.75, 3.05) is 13.7 Å². The van der Waals surface area contributed by atoms with Gasteiger partial charge in [-0.05, 0) is 6.08 Å². The number of ether oxygens (including phenoxy) is 2. The molecule has 0 saturated carbocycles. The summed E-state index contributed by atoms with van der Waals surface area (Å²) < 4.78 is 9.44. The molecule has 1 unspecified atom stereocenters. The van der Waals surface area contributed by atoms with Gasteiger partial charge in [-0.3, -0.25) is 9.59 Å². The van der Waals surface area contributed by atoms with E-state index in [4.69, 9.17) is 9.47 Å². The van der Waals surface area contributed by atoms with E-state index >= 15 is 0 Å². The number of methoxy groups -OCH3 is 1. The smallest absolute Gasteiger partial charge is 0.328 e. The normalized spacial score (nSPS) is 12.6. The third kappa shape index (κ3) is 8.24. The van der Waals surface area contributed by atoms with Gasteiger partial charge in [-0.25, -0.2) is 4.79 Å². The molecule has 0 radical (unpaired) electrons. The maximum absolute atomic E-state index is 12.0. The monoisotopic (exact) mass is 311 g/mol. The summed E-state index contributed by atoms with van der Waals surface area (Å²) >= 11 is 0. The van der Waals surface area contributed by atoms with Crippen LogP contribution >= 0.6 is 0 Å². The van der Waals surface area contributed by atoms with Gasteiger partial charge in [0.2, 0.25) is 5.91 Å². The van der Waals surface area contributed by atoms with Gasteiger partial charge < -0.3 is 14.8 Å². The summed E-state index contributed by atoms with van der Waals surface area (Å²) in [6.45, 7) is 10.5. The third-order valence-electron chi connectivity index (χ3n) is 2.67. The molecule has 0 spiro atoms. The van der Waals surface area contributed by atoms with E-state index in [-0.39, 0.29) is 24.9 Å². The number of amides is 1. The highest BCUT2D eigenvalue weighted by Gasteiger charge is 2.28. The van der Waals surface area contributed by atoms with Crippen LogP contribution in [0.1, 0.15) is 34.1 Å². The average molecular weight is 311 g/mol. The van der Waals surface area contributed by atoms with Gasteiger partial charge in [0.25, 0.3) is 0 Å². The number of nitrogens with one attached hydrogen (secondary N) is 1. The van der Waals surface area contributed by atoms with Crippen LogP contribution in [0.15, 0.2) is 24.3 Å². The lowest BCUT2D eigenvalue weighted by molar-refractivity contribution is -0.146. The van der Waals surface area contributed by atoms with Crippen molar-refractivity contribution in [2.24, 2.45) is 5.41 Å². The Morgan fingerprint density at radius 1 is 1.27 bits per heavy atom. The Balaban J connectivity index is 4.66. The van der Waals surface area contributed by atoms with Gasteiger partial charge in [0, 0.05) is 18.8 Å². The summed E-state index contributed by atoms with van der Waals surface area (Å²) in [6, 6.07) is -0.803. The Labute approximate surface area is 131 Å². The first-order valence-electron chi connectivity index (χ1n) is 6.94. The van der Waals surface area contributed by atoms with Crippen LogP contribution in [0.3, 0.4) is 0 Å². The second kappa shape index (κ2) is 9.02. The molecule has 22 heavy (non-hydrogen) atoms. The molecule has 124 valence electrons. The van der Waals surface area contributed by atoms with Crippen molar-refractivity contribution in [2.45, 2.75) is 40.2 Å². The van der Waals surface area contributed by atoms with Crippen LogP contribution in [0.5, 0.6) is 0 Å². The lowest BCUT2D eigenvalue weighted by Crippen LogP contribution is -2.46. The molecule has 6 heteroatoms. The first kappa shape index (κ1) is 19.9. The van der Waals surface area contributed by atoms with Crippen molar-refractivity contribution in [3.63, 3.8) is 0 Å². The second-order valence-corrected chi connectivity index (χ2v) is 5.87. The van der Waals surface area contributed by atoms with Crippen molar-refractivity contribution in [3.05, 3.63) is 24.3 Å². The minimum atomic E-state index is -0.803. The first-order valence-corrected chi connectivity index (χ1v) is 6.94. The molecule has 0 aliphatic heterocycles. The molecule has 1 amide bonds. The second-order valence-electron chi connectivity index (χ2n) is 5.87. The van der Waals surface area contributed by atoms with Gasteiger partial charge in [0.05, 0.1) is 7.11 Å². The minimum Gasteiger partial charge on any atom is -0.467 e. The van der Waals surface area contributed by atoms with Crippen LogP contribution in [0, 0.1) is 5.41 Å². The van der Waals surface area contributed by atoms with Crippen molar-refractivity contribution in [3.8, 4) is 0 Å². The summed E-state index contributed by atoms with van der Waals surface area (Å²) in [4.78, 5) is 34.4. The third-order valence-corrected chi connectivity index (χ3v) is 2.67. The number of carbonyl (C=O) groups is 3. The highest BCUT2D eigenvalue weighted by Crippen LogP contribution is 2.15. The molecule has 1 N–H and O–H groups in total. The minimum absolute atomic E-state index is 0.131. The topological polar surface area (TPSA) is 81.7 Å². The lowest BCUT2D eigenvalue weighted by Gasteiger charge is -2.23. The number of hydrogen-bond donors (Lipinski definition) is 1. The number of allylic oxidation sites excluding steroid dienone is 1. The van der Waals surface area contributed by atoms with Crippen molar-refractivity contribution in [1.82, 2.24) is 5.32 Å². The molecule has 0 aromatic rings. The predicted octanol–water partition coefficient (Wildman–Crippen LogP) is 1.76. The van der Waals surface area contributed by atoms with Crippen LogP contribution in [0.25, 0.3) is 0 Å². The SMILES string of the molecule is C=C(/C=C/COC(C)=O)CC(NC(=O)C(C)(C)C)C(=O)OC. The maximum atomic E-state index is 12.0. The first-order chi connectivity index (χ1) is 10.1. The predicted molar refractivity (Wildman–Crippen MR) is 82.9 cm³/mol. The van der Waals surface area contributed by atoms with Gasteiger partial charge in [0.1, 0.15) is 12.6 Å². The van der Waals surface area contributed by atoms with E-state index in [1.54, 1.807) is 32.9 Å². The molecule has 0 bridgehead atoms. The van der Waals surface area contributed by atoms with Gasteiger partial charge >= 0.3 is 11.9 Å².